The topological polar surface area (TPSA) is 62.5 Å². The molecule has 0 aliphatic rings. The van der Waals surface area contributed by atoms with Gasteiger partial charge in [0, 0.05) is 0 Å². The standard InChI is InChI=1S/C18H17NO3/c20-12-16(17-6-3-9-22-17)19-18(21)11-13-7-8-14-4-1-2-5-15(14)10-13/h1-10,16,20H,11-12H2,(H,19,21). The lowest BCUT2D eigenvalue weighted by Crippen LogP contribution is -2.31. The van der Waals surface area contributed by atoms with Crippen LogP contribution in [0.3, 0.4) is 0 Å². The van der Waals surface area contributed by atoms with Crippen LogP contribution in [0.2, 0.25) is 0 Å². The predicted molar refractivity (Wildman–Crippen MR) is 84.3 cm³/mol. The number of aliphatic hydroxyl groups is 1. The molecule has 4 nitrogen and oxygen atoms in total. The first-order chi connectivity index (χ1) is 10.8. The lowest BCUT2D eigenvalue weighted by molar-refractivity contribution is -0.121. The van der Waals surface area contributed by atoms with Crippen molar-refractivity contribution in [2.75, 3.05) is 6.61 Å². The fraction of sp³-hybridized carbons (Fsp3) is 0.167. The van der Waals surface area contributed by atoms with E-state index in [9.17, 15) is 9.90 Å². The zero-order valence-electron chi connectivity index (χ0n) is 12.0. The SMILES string of the molecule is O=C(Cc1ccc2ccccc2c1)NC(CO)c1ccco1. The Labute approximate surface area is 128 Å². The third kappa shape index (κ3) is 3.18. The summed E-state index contributed by atoms with van der Waals surface area (Å²) < 4.78 is 5.22. The minimum absolute atomic E-state index is 0.147. The van der Waals surface area contributed by atoms with E-state index in [4.69, 9.17) is 4.42 Å². The van der Waals surface area contributed by atoms with Crippen molar-refractivity contribution in [2.24, 2.45) is 0 Å². The number of nitrogens with one attached hydrogen (secondary N) is 1. The monoisotopic (exact) mass is 295 g/mol. The molecule has 1 heterocycles. The molecular formula is C18H17NO3. The number of fused-ring (bicyclic) bond motifs is 1. The van der Waals surface area contributed by atoms with Gasteiger partial charge in [0.1, 0.15) is 11.8 Å². The van der Waals surface area contributed by atoms with Gasteiger partial charge < -0.3 is 14.8 Å². The van der Waals surface area contributed by atoms with Gasteiger partial charge in [-0.15, -0.1) is 0 Å². The van der Waals surface area contributed by atoms with Crippen molar-refractivity contribution in [1.82, 2.24) is 5.32 Å². The van der Waals surface area contributed by atoms with Gasteiger partial charge in [0.2, 0.25) is 5.91 Å². The van der Waals surface area contributed by atoms with Gasteiger partial charge in [-0.1, -0.05) is 42.5 Å². The Morgan fingerprint density at radius 3 is 2.64 bits per heavy atom. The Morgan fingerprint density at radius 1 is 1.09 bits per heavy atom. The number of amides is 1. The van der Waals surface area contributed by atoms with Crippen molar-refractivity contribution in [2.45, 2.75) is 12.5 Å². The number of carbonyl (C=O) groups excluding carboxylic acids is 1. The van der Waals surface area contributed by atoms with Crippen molar-refractivity contribution in [3.8, 4) is 0 Å². The number of hydrogen-bond donors (Lipinski definition) is 2. The van der Waals surface area contributed by atoms with Crippen LogP contribution >= 0.6 is 0 Å². The molecule has 1 amide bonds. The third-order valence-corrected chi connectivity index (χ3v) is 3.58. The predicted octanol–water partition coefficient (Wildman–Crippen LogP) is 2.83. The minimum atomic E-state index is -0.511. The zero-order valence-corrected chi connectivity index (χ0v) is 12.0. The molecule has 4 heteroatoms. The molecule has 0 bridgehead atoms. The molecule has 2 N–H and O–H groups in total. The van der Waals surface area contributed by atoms with E-state index >= 15 is 0 Å². The van der Waals surface area contributed by atoms with E-state index in [1.54, 1.807) is 12.1 Å². The first kappa shape index (κ1) is 14.4. The number of carbonyl (C=O) groups is 1. The lowest BCUT2D eigenvalue weighted by Gasteiger charge is -2.14. The number of aliphatic hydroxyl groups excluding tert-OH is 1. The fourth-order valence-corrected chi connectivity index (χ4v) is 2.48. The molecule has 2 aromatic carbocycles. The Bertz CT molecular complexity index is 765. The summed E-state index contributed by atoms with van der Waals surface area (Å²) in [6, 6.07) is 16.9. The first-order valence-electron chi connectivity index (χ1n) is 7.17. The maximum absolute atomic E-state index is 12.1. The highest BCUT2D eigenvalue weighted by molar-refractivity contribution is 5.85. The van der Waals surface area contributed by atoms with E-state index in [1.807, 2.05) is 42.5 Å². The zero-order chi connectivity index (χ0) is 15.4. The minimum Gasteiger partial charge on any atom is -0.467 e. The summed E-state index contributed by atoms with van der Waals surface area (Å²) >= 11 is 0. The van der Waals surface area contributed by atoms with Crippen LogP contribution in [0.25, 0.3) is 10.8 Å². The Hall–Kier alpha value is -2.59. The van der Waals surface area contributed by atoms with Crippen LogP contribution in [0.5, 0.6) is 0 Å². The van der Waals surface area contributed by atoms with Gasteiger partial charge in [-0.2, -0.15) is 0 Å². The van der Waals surface area contributed by atoms with Crippen LogP contribution in [0, 0.1) is 0 Å². The first-order valence-corrected chi connectivity index (χ1v) is 7.17. The number of furan rings is 1. The fourth-order valence-electron chi connectivity index (χ4n) is 2.48. The highest BCUT2D eigenvalue weighted by Crippen LogP contribution is 2.17. The molecular weight excluding hydrogens is 278 g/mol. The quantitative estimate of drug-likeness (QED) is 0.761. The van der Waals surface area contributed by atoms with Crippen molar-refractivity contribution in [1.29, 1.82) is 0 Å². The molecule has 112 valence electrons. The molecule has 1 atom stereocenters. The number of benzene rings is 2. The van der Waals surface area contributed by atoms with Crippen molar-refractivity contribution >= 4 is 16.7 Å². The highest BCUT2D eigenvalue weighted by atomic mass is 16.3. The third-order valence-electron chi connectivity index (χ3n) is 3.58. The van der Waals surface area contributed by atoms with Gasteiger partial charge in [0.25, 0.3) is 0 Å². The molecule has 0 saturated heterocycles. The summed E-state index contributed by atoms with van der Waals surface area (Å²) in [6.45, 7) is -0.197. The maximum atomic E-state index is 12.1. The molecule has 0 saturated carbocycles. The van der Waals surface area contributed by atoms with Gasteiger partial charge in [0.15, 0.2) is 0 Å². The molecule has 0 aliphatic heterocycles. The average molecular weight is 295 g/mol. The van der Waals surface area contributed by atoms with E-state index in [1.165, 1.54) is 6.26 Å². The summed E-state index contributed by atoms with van der Waals surface area (Å²) in [5.74, 6) is 0.403. The van der Waals surface area contributed by atoms with Gasteiger partial charge in [0.05, 0.1) is 19.3 Å². The smallest absolute Gasteiger partial charge is 0.225 e. The molecule has 22 heavy (non-hydrogen) atoms. The summed E-state index contributed by atoms with van der Waals surface area (Å²) in [6.07, 6.45) is 1.79. The van der Waals surface area contributed by atoms with E-state index in [-0.39, 0.29) is 18.9 Å². The summed E-state index contributed by atoms with van der Waals surface area (Å²) in [4.78, 5) is 12.1. The lowest BCUT2D eigenvalue weighted by atomic mass is 10.0. The van der Waals surface area contributed by atoms with Crippen LogP contribution in [-0.2, 0) is 11.2 Å². The Kier molecular flexibility index (Phi) is 4.21. The van der Waals surface area contributed by atoms with Crippen molar-refractivity contribution in [3.63, 3.8) is 0 Å². The van der Waals surface area contributed by atoms with Crippen molar-refractivity contribution < 1.29 is 14.3 Å². The second-order valence-electron chi connectivity index (χ2n) is 5.18. The van der Waals surface area contributed by atoms with Crippen LogP contribution < -0.4 is 5.32 Å². The average Bonchev–Trinajstić information content (AvgIpc) is 3.07. The Morgan fingerprint density at radius 2 is 1.91 bits per heavy atom. The second-order valence-corrected chi connectivity index (χ2v) is 5.18. The van der Waals surface area contributed by atoms with Gasteiger partial charge in [-0.25, -0.2) is 0 Å². The summed E-state index contributed by atoms with van der Waals surface area (Å²) in [5.41, 5.74) is 0.937. The molecule has 0 aliphatic carbocycles. The van der Waals surface area contributed by atoms with E-state index in [2.05, 4.69) is 5.32 Å². The normalized spacial score (nSPS) is 12.2. The largest absolute Gasteiger partial charge is 0.467 e. The van der Waals surface area contributed by atoms with Crippen molar-refractivity contribution in [3.05, 3.63) is 72.2 Å². The maximum Gasteiger partial charge on any atom is 0.225 e. The molecule has 3 aromatic rings. The number of hydrogen-bond acceptors (Lipinski definition) is 3. The Balaban J connectivity index is 1.70. The number of rotatable bonds is 5. The van der Waals surface area contributed by atoms with Crippen LogP contribution in [0.4, 0.5) is 0 Å². The van der Waals surface area contributed by atoms with Gasteiger partial charge in [-0.05, 0) is 28.5 Å². The molecule has 0 fully saturated rings. The van der Waals surface area contributed by atoms with Gasteiger partial charge in [-0.3, -0.25) is 4.79 Å². The second kappa shape index (κ2) is 6.45. The van der Waals surface area contributed by atoms with E-state index < -0.39 is 6.04 Å². The molecule has 3 rings (SSSR count). The summed E-state index contributed by atoms with van der Waals surface area (Å²) in [5, 5.41) is 14.4. The highest BCUT2D eigenvalue weighted by Gasteiger charge is 2.16. The van der Waals surface area contributed by atoms with Crippen LogP contribution in [0.15, 0.2) is 65.3 Å². The van der Waals surface area contributed by atoms with Crippen LogP contribution in [-0.4, -0.2) is 17.6 Å². The van der Waals surface area contributed by atoms with Gasteiger partial charge >= 0.3 is 0 Å². The van der Waals surface area contributed by atoms with E-state index in [0.717, 1.165) is 16.3 Å². The van der Waals surface area contributed by atoms with Crippen LogP contribution in [0.1, 0.15) is 17.4 Å². The molecule has 1 aromatic heterocycles. The molecule has 1 unspecified atom stereocenters. The molecule has 0 radical (unpaired) electrons. The molecule has 0 spiro atoms. The summed E-state index contributed by atoms with van der Waals surface area (Å²) in [7, 11) is 0. The van der Waals surface area contributed by atoms with E-state index in [0.29, 0.717) is 5.76 Å².